The number of carbonyl (C=O) groups excluding carboxylic acids is 2. The Hall–Kier alpha value is -4.39. The molecular weight excluding hydrogens is 426 g/mol. The normalized spacial score (nSPS) is 12.0. The first-order valence-electron chi connectivity index (χ1n) is 11.2. The lowest BCUT2D eigenvalue weighted by Gasteiger charge is -2.17. The third-order valence-corrected chi connectivity index (χ3v) is 5.79. The first-order valence-corrected chi connectivity index (χ1v) is 11.2. The van der Waals surface area contributed by atoms with Crippen molar-refractivity contribution in [3.63, 3.8) is 0 Å². The second kappa shape index (κ2) is 9.23. The van der Waals surface area contributed by atoms with Gasteiger partial charge in [-0.15, -0.1) is 0 Å². The van der Waals surface area contributed by atoms with E-state index in [4.69, 9.17) is 4.98 Å². The van der Waals surface area contributed by atoms with Crippen molar-refractivity contribution >= 4 is 39.4 Å². The van der Waals surface area contributed by atoms with Crippen LogP contribution in [0.4, 0.5) is 5.69 Å². The third-order valence-electron chi connectivity index (χ3n) is 5.79. The minimum absolute atomic E-state index is 0.121. The first kappa shape index (κ1) is 21.5. The van der Waals surface area contributed by atoms with Crippen molar-refractivity contribution in [2.24, 2.45) is 0 Å². The van der Waals surface area contributed by atoms with Crippen molar-refractivity contribution in [2.75, 3.05) is 5.32 Å². The monoisotopic (exact) mass is 451 g/mol. The number of rotatable bonds is 7. The van der Waals surface area contributed by atoms with Crippen LogP contribution in [0.2, 0.25) is 0 Å². The maximum absolute atomic E-state index is 13.2. The summed E-state index contributed by atoms with van der Waals surface area (Å²) in [4.78, 5) is 32.8. The Bertz CT molecular complexity index is 1440. The van der Waals surface area contributed by atoms with E-state index < -0.39 is 0 Å². The topological polar surface area (TPSA) is 91.8 Å². The first-order chi connectivity index (χ1) is 16.6. The van der Waals surface area contributed by atoms with E-state index in [1.54, 1.807) is 0 Å². The van der Waals surface area contributed by atoms with Gasteiger partial charge in [0.1, 0.15) is 12.4 Å². The number of nitrogens with zero attached hydrogens (tertiary/aromatic N) is 2. The zero-order valence-electron chi connectivity index (χ0n) is 18.8. The summed E-state index contributed by atoms with van der Waals surface area (Å²) in [5.41, 5.74) is 4.52. The highest BCUT2D eigenvalue weighted by atomic mass is 16.2. The van der Waals surface area contributed by atoms with Gasteiger partial charge in [-0.05, 0) is 42.3 Å². The lowest BCUT2D eigenvalue weighted by atomic mass is 10.1. The van der Waals surface area contributed by atoms with Gasteiger partial charge in [-0.1, -0.05) is 48.5 Å². The molecule has 0 spiro atoms. The molecule has 2 amide bonds. The molecule has 0 aliphatic heterocycles. The van der Waals surface area contributed by atoms with Crippen LogP contribution in [0.1, 0.15) is 24.4 Å². The Morgan fingerprint density at radius 2 is 1.76 bits per heavy atom. The molecule has 7 heteroatoms. The van der Waals surface area contributed by atoms with Gasteiger partial charge in [-0.25, -0.2) is 4.98 Å². The molecule has 0 fully saturated rings. The van der Waals surface area contributed by atoms with Crippen LogP contribution in [0.25, 0.3) is 21.9 Å². The minimum Gasteiger partial charge on any atom is -0.344 e. The van der Waals surface area contributed by atoms with Gasteiger partial charge in [0.15, 0.2) is 0 Å². The largest absolute Gasteiger partial charge is 0.344 e. The molecule has 2 heterocycles. The Morgan fingerprint density at radius 3 is 2.56 bits per heavy atom. The highest BCUT2D eigenvalue weighted by Gasteiger charge is 2.20. The fourth-order valence-electron chi connectivity index (χ4n) is 4.26. The number of fused-ring (bicyclic) bond motifs is 2. The van der Waals surface area contributed by atoms with E-state index >= 15 is 0 Å². The van der Waals surface area contributed by atoms with Crippen molar-refractivity contribution < 1.29 is 9.59 Å². The third kappa shape index (κ3) is 4.54. The lowest BCUT2D eigenvalue weighted by molar-refractivity contribution is -0.122. The molecule has 1 atom stereocenters. The fraction of sp³-hybridized carbons (Fsp3) is 0.148. The smallest absolute Gasteiger partial charge is 0.240 e. The van der Waals surface area contributed by atoms with Crippen molar-refractivity contribution in [1.82, 2.24) is 19.9 Å². The summed E-state index contributed by atoms with van der Waals surface area (Å²) in [6.07, 6.45) is 2.48. The van der Waals surface area contributed by atoms with Crippen molar-refractivity contribution in [3.8, 4) is 0 Å². The van der Waals surface area contributed by atoms with E-state index in [-0.39, 0.29) is 24.4 Å². The number of imidazole rings is 1. The zero-order valence-corrected chi connectivity index (χ0v) is 18.8. The molecule has 0 saturated carbocycles. The number of aromatic amines is 1. The van der Waals surface area contributed by atoms with E-state index in [9.17, 15) is 9.59 Å². The molecule has 0 radical (unpaired) electrons. The van der Waals surface area contributed by atoms with Gasteiger partial charge in [0.2, 0.25) is 11.8 Å². The van der Waals surface area contributed by atoms with Crippen molar-refractivity contribution in [1.29, 1.82) is 0 Å². The van der Waals surface area contributed by atoms with Crippen LogP contribution >= 0.6 is 0 Å². The summed E-state index contributed by atoms with van der Waals surface area (Å²) in [5, 5.41) is 6.90. The number of para-hydroxylation sites is 2. The van der Waals surface area contributed by atoms with Gasteiger partial charge in [-0.3, -0.25) is 9.59 Å². The summed E-state index contributed by atoms with van der Waals surface area (Å²) in [6, 6.07) is 25.2. The molecule has 0 aliphatic carbocycles. The fourth-order valence-corrected chi connectivity index (χ4v) is 4.26. The average molecular weight is 452 g/mol. The summed E-state index contributed by atoms with van der Waals surface area (Å²) in [7, 11) is 0. The molecule has 7 nitrogen and oxygen atoms in total. The maximum Gasteiger partial charge on any atom is 0.240 e. The number of benzene rings is 3. The molecular formula is C27H25N5O2. The Labute approximate surface area is 196 Å². The maximum atomic E-state index is 13.2. The van der Waals surface area contributed by atoms with E-state index in [2.05, 4.69) is 15.6 Å². The highest BCUT2D eigenvalue weighted by Crippen LogP contribution is 2.25. The van der Waals surface area contributed by atoms with Gasteiger partial charge in [0.25, 0.3) is 0 Å². The van der Waals surface area contributed by atoms with Crippen LogP contribution in [0, 0.1) is 0 Å². The molecule has 34 heavy (non-hydrogen) atoms. The van der Waals surface area contributed by atoms with Crippen molar-refractivity contribution in [3.05, 3.63) is 96.4 Å². The second-order valence-corrected chi connectivity index (χ2v) is 8.31. The van der Waals surface area contributed by atoms with Gasteiger partial charge in [0, 0.05) is 18.5 Å². The molecule has 0 aliphatic rings. The Morgan fingerprint density at radius 1 is 0.971 bits per heavy atom. The lowest BCUT2D eigenvalue weighted by Crippen LogP contribution is -2.33. The number of anilines is 1. The van der Waals surface area contributed by atoms with E-state index in [0.29, 0.717) is 6.42 Å². The molecule has 3 aromatic carbocycles. The number of amides is 2. The molecule has 3 N–H and O–H groups in total. The summed E-state index contributed by atoms with van der Waals surface area (Å²) in [5.74, 6) is 0.472. The van der Waals surface area contributed by atoms with E-state index in [1.165, 1.54) is 6.92 Å². The SMILES string of the molecule is CC(=O)Nc1cccc2c1ccn2CC(=O)N[C@H](Cc1ccccc1)c1nc2ccccc2[nH]1. The predicted molar refractivity (Wildman–Crippen MR) is 133 cm³/mol. The molecule has 2 aromatic heterocycles. The van der Waals surface area contributed by atoms with Gasteiger partial charge < -0.3 is 20.2 Å². The molecule has 170 valence electrons. The van der Waals surface area contributed by atoms with E-state index in [1.807, 2.05) is 89.6 Å². The van der Waals surface area contributed by atoms with Gasteiger partial charge in [-0.2, -0.15) is 0 Å². The number of aromatic nitrogens is 3. The van der Waals surface area contributed by atoms with E-state index in [0.717, 1.165) is 39.0 Å². The average Bonchev–Trinajstić information content (AvgIpc) is 3.44. The molecule has 5 aromatic rings. The van der Waals surface area contributed by atoms with Crippen LogP contribution in [-0.2, 0) is 22.6 Å². The van der Waals surface area contributed by atoms with Crippen LogP contribution in [0.15, 0.2) is 85.1 Å². The second-order valence-electron chi connectivity index (χ2n) is 8.31. The molecule has 5 rings (SSSR count). The standard InChI is InChI=1S/C27H25N5O2/c1-18(33)28-21-12-7-13-25-20(21)14-15-32(25)17-26(34)29-24(16-19-8-3-2-4-9-19)27-30-22-10-5-6-11-23(22)31-27/h2-15,24H,16-17H2,1H3,(H,28,33)(H,29,34)(H,30,31)/t24-/m1/s1. The number of carbonyl (C=O) groups is 2. The minimum atomic E-state index is -0.306. The number of hydrogen-bond acceptors (Lipinski definition) is 3. The van der Waals surface area contributed by atoms with Gasteiger partial charge >= 0.3 is 0 Å². The van der Waals surface area contributed by atoms with Crippen LogP contribution in [-0.4, -0.2) is 26.3 Å². The van der Waals surface area contributed by atoms with Gasteiger partial charge in [0.05, 0.1) is 28.3 Å². The molecule has 0 saturated heterocycles. The van der Waals surface area contributed by atoms with Crippen LogP contribution in [0.5, 0.6) is 0 Å². The molecule has 0 bridgehead atoms. The summed E-state index contributed by atoms with van der Waals surface area (Å²) in [6.45, 7) is 1.63. The highest BCUT2D eigenvalue weighted by molar-refractivity contribution is 6.01. The number of nitrogens with one attached hydrogen (secondary N) is 3. The summed E-state index contributed by atoms with van der Waals surface area (Å²) < 4.78 is 1.88. The van der Waals surface area contributed by atoms with Crippen molar-refractivity contribution in [2.45, 2.75) is 25.9 Å². The molecule has 0 unspecified atom stereocenters. The Balaban J connectivity index is 1.40. The van der Waals surface area contributed by atoms with Crippen LogP contribution in [0.3, 0.4) is 0 Å². The zero-order chi connectivity index (χ0) is 23.5. The number of H-pyrrole nitrogens is 1. The number of hydrogen-bond donors (Lipinski definition) is 3. The quantitative estimate of drug-likeness (QED) is 0.338. The predicted octanol–water partition coefficient (Wildman–Crippen LogP) is 4.58. The Kier molecular flexibility index (Phi) is 5.82. The van der Waals surface area contributed by atoms with Crippen LogP contribution < -0.4 is 10.6 Å². The summed E-state index contributed by atoms with van der Waals surface area (Å²) >= 11 is 0.